The SMILES string of the molecule is CCC1(CC)c2cc(O)ccc2C[C@@H](OC)[C@H]1NCC[C@H](CC1CCCCC1)C(=O)O. The minimum absolute atomic E-state index is 0.0264. The highest BCUT2D eigenvalue weighted by molar-refractivity contribution is 5.69. The second-order valence-corrected chi connectivity index (χ2v) is 9.68. The van der Waals surface area contributed by atoms with Crippen molar-refractivity contribution in [3.63, 3.8) is 0 Å². The van der Waals surface area contributed by atoms with Gasteiger partial charge in [0.25, 0.3) is 0 Å². The highest BCUT2D eigenvalue weighted by Crippen LogP contribution is 2.44. The average Bonchev–Trinajstić information content (AvgIpc) is 2.78. The minimum Gasteiger partial charge on any atom is -0.508 e. The van der Waals surface area contributed by atoms with E-state index in [-0.39, 0.29) is 23.5 Å². The molecule has 0 aromatic heterocycles. The van der Waals surface area contributed by atoms with Gasteiger partial charge >= 0.3 is 5.97 Å². The number of nitrogens with one attached hydrogen (secondary N) is 1. The Kier molecular flexibility index (Phi) is 8.40. The second kappa shape index (κ2) is 10.8. The van der Waals surface area contributed by atoms with Gasteiger partial charge in [-0.1, -0.05) is 52.0 Å². The van der Waals surface area contributed by atoms with Gasteiger partial charge in [-0.15, -0.1) is 0 Å². The van der Waals surface area contributed by atoms with Crippen LogP contribution in [0.1, 0.15) is 82.8 Å². The van der Waals surface area contributed by atoms with Crippen LogP contribution in [0.3, 0.4) is 0 Å². The molecule has 5 heteroatoms. The Balaban J connectivity index is 1.73. The van der Waals surface area contributed by atoms with Gasteiger partial charge in [-0.25, -0.2) is 0 Å². The Morgan fingerprint density at radius 2 is 1.94 bits per heavy atom. The van der Waals surface area contributed by atoms with Gasteiger partial charge in [0.2, 0.25) is 0 Å². The summed E-state index contributed by atoms with van der Waals surface area (Å²) in [5, 5.41) is 23.7. The lowest BCUT2D eigenvalue weighted by molar-refractivity contribution is -0.142. The largest absolute Gasteiger partial charge is 0.508 e. The van der Waals surface area contributed by atoms with E-state index in [9.17, 15) is 15.0 Å². The van der Waals surface area contributed by atoms with Crippen molar-refractivity contribution in [1.82, 2.24) is 5.32 Å². The van der Waals surface area contributed by atoms with Crippen molar-refractivity contribution in [2.75, 3.05) is 13.7 Å². The predicted octanol–water partition coefficient (Wildman–Crippen LogP) is 5.04. The monoisotopic (exact) mass is 431 g/mol. The van der Waals surface area contributed by atoms with E-state index in [2.05, 4.69) is 19.2 Å². The van der Waals surface area contributed by atoms with Crippen molar-refractivity contribution in [1.29, 1.82) is 0 Å². The van der Waals surface area contributed by atoms with Crippen molar-refractivity contribution in [3.05, 3.63) is 29.3 Å². The van der Waals surface area contributed by atoms with Gasteiger partial charge in [0.1, 0.15) is 5.75 Å². The van der Waals surface area contributed by atoms with Crippen LogP contribution in [0.2, 0.25) is 0 Å². The van der Waals surface area contributed by atoms with Crippen LogP contribution in [0, 0.1) is 11.8 Å². The molecule has 1 fully saturated rings. The zero-order chi connectivity index (χ0) is 22.4. The van der Waals surface area contributed by atoms with Crippen LogP contribution in [0.25, 0.3) is 0 Å². The van der Waals surface area contributed by atoms with E-state index < -0.39 is 5.97 Å². The van der Waals surface area contributed by atoms with Crippen LogP contribution in [0.4, 0.5) is 0 Å². The highest BCUT2D eigenvalue weighted by Gasteiger charge is 2.46. The number of methoxy groups -OCH3 is 1. The molecular weight excluding hydrogens is 390 g/mol. The van der Waals surface area contributed by atoms with Crippen LogP contribution in [0.5, 0.6) is 5.75 Å². The molecule has 174 valence electrons. The van der Waals surface area contributed by atoms with Gasteiger partial charge in [-0.05, 0) is 61.4 Å². The number of rotatable bonds is 10. The molecule has 0 amide bonds. The molecule has 0 saturated heterocycles. The number of fused-ring (bicyclic) bond motifs is 1. The normalized spacial score (nSPS) is 24.5. The Bertz CT molecular complexity index is 724. The molecule has 3 rings (SSSR count). The first-order valence-corrected chi connectivity index (χ1v) is 12.3. The quantitative estimate of drug-likeness (QED) is 0.484. The van der Waals surface area contributed by atoms with Crippen molar-refractivity contribution in [3.8, 4) is 5.75 Å². The third kappa shape index (κ3) is 5.25. The Hall–Kier alpha value is -1.59. The standard InChI is InChI=1S/C26H41NO4/c1-4-26(5-2)22-17-21(28)12-11-19(22)16-23(31-3)24(26)27-14-13-20(25(29)30)15-18-9-7-6-8-10-18/h11-12,17-18,20,23-24,27-28H,4-10,13-16H2,1-3H3,(H,29,30)/t20-,23-,24-/m1/s1. The fraction of sp³-hybridized carbons (Fsp3) is 0.731. The van der Waals surface area contributed by atoms with Crippen LogP contribution >= 0.6 is 0 Å². The second-order valence-electron chi connectivity index (χ2n) is 9.68. The summed E-state index contributed by atoms with van der Waals surface area (Å²) in [6, 6.07) is 5.80. The number of benzene rings is 1. The van der Waals surface area contributed by atoms with Crippen molar-refractivity contribution in [2.45, 2.75) is 95.6 Å². The molecule has 0 aliphatic heterocycles. The molecular formula is C26H41NO4. The Morgan fingerprint density at radius 1 is 1.23 bits per heavy atom. The predicted molar refractivity (Wildman–Crippen MR) is 124 cm³/mol. The molecule has 0 unspecified atom stereocenters. The molecule has 3 atom stereocenters. The summed E-state index contributed by atoms with van der Waals surface area (Å²) in [7, 11) is 1.77. The number of hydrogen-bond donors (Lipinski definition) is 3. The zero-order valence-electron chi connectivity index (χ0n) is 19.5. The van der Waals surface area contributed by atoms with Crippen LogP contribution in [-0.4, -0.2) is 42.0 Å². The number of carboxylic acid groups (broad SMARTS) is 1. The van der Waals surface area contributed by atoms with Gasteiger partial charge in [-0.2, -0.15) is 0 Å². The summed E-state index contributed by atoms with van der Waals surface area (Å²) in [6.45, 7) is 5.07. The molecule has 0 heterocycles. The number of aliphatic carboxylic acids is 1. The van der Waals surface area contributed by atoms with Gasteiger partial charge in [0.15, 0.2) is 0 Å². The Morgan fingerprint density at radius 3 is 2.55 bits per heavy atom. The topological polar surface area (TPSA) is 78.8 Å². The molecule has 1 saturated carbocycles. The van der Waals surface area contributed by atoms with Gasteiger partial charge in [0.05, 0.1) is 12.0 Å². The molecule has 2 aliphatic carbocycles. The molecule has 2 aliphatic rings. The maximum absolute atomic E-state index is 11.9. The van der Waals surface area contributed by atoms with Crippen molar-refractivity contribution < 1.29 is 19.7 Å². The zero-order valence-corrected chi connectivity index (χ0v) is 19.5. The summed E-state index contributed by atoms with van der Waals surface area (Å²) >= 11 is 0. The van der Waals surface area contributed by atoms with Crippen LogP contribution in [-0.2, 0) is 21.4 Å². The molecule has 1 aromatic rings. The number of carbonyl (C=O) groups is 1. The van der Waals surface area contributed by atoms with Crippen LogP contribution in [0.15, 0.2) is 18.2 Å². The molecule has 0 spiro atoms. The van der Waals surface area contributed by atoms with E-state index in [1.54, 1.807) is 13.2 Å². The summed E-state index contributed by atoms with van der Waals surface area (Å²) in [6.07, 6.45) is 10.3. The van der Waals surface area contributed by atoms with Gasteiger partial charge in [-0.3, -0.25) is 4.79 Å². The van der Waals surface area contributed by atoms with Crippen molar-refractivity contribution in [2.24, 2.45) is 11.8 Å². The third-order valence-corrected chi connectivity index (χ3v) is 8.13. The first-order chi connectivity index (χ1) is 14.9. The van der Waals surface area contributed by atoms with Gasteiger partial charge < -0.3 is 20.3 Å². The lowest BCUT2D eigenvalue weighted by Crippen LogP contribution is -2.59. The molecule has 1 aromatic carbocycles. The lowest BCUT2D eigenvalue weighted by atomic mass is 9.62. The number of phenols is 1. The summed E-state index contributed by atoms with van der Waals surface area (Å²) in [5.41, 5.74) is 2.31. The van der Waals surface area contributed by atoms with Crippen LogP contribution < -0.4 is 5.32 Å². The smallest absolute Gasteiger partial charge is 0.306 e. The minimum atomic E-state index is -0.660. The molecule has 31 heavy (non-hydrogen) atoms. The van der Waals surface area contributed by atoms with E-state index >= 15 is 0 Å². The number of phenolic OH excluding ortho intramolecular Hbond substituents is 1. The van der Waals surface area contributed by atoms with E-state index in [1.807, 2.05) is 12.1 Å². The summed E-state index contributed by atoms with van der Waals surface area (Å²) in [5.74, 6) is -0.0736. The fourth-order valence-electron chi connectivity index (χ4n) is 6.26. The van der Waals surface area contributed by atoms with E-state index in [1.165, 1.54) is 43.2 Å². The first kappa shape index (κ1) is 24.1. The fourth-order valence-corrected chi connectivity index (χ4v) is 6.26. The number of ether oxygens (including phenoxy) is 1. The Labute approximate surface area is 187 Å². The molecule has 0 bridgehead atoms. The summed E-state index contributed by atoms with van der Waals surface area (Å²) < 4.78 is 5.93. The van der Waals surface area contributed by atoms with Crippen molar-refractivity contribution >= 4 is 5.97 Å². The molecule has 0 radical (unpaired) electrons. The van der Waals surface area contributed by atoms with E-state index in [4.69, 9.17) is 4.74 Å². The maximum atomic E-state index is 11.9. The molecule has 5 nitrogen and oxygen atoms in total. The lowest BCUT2D eigenvalue weighted by Gasteiger charge is -2.49. The first-order valence-electron chi connectivity index (χ1n) is 12.3. The number of aromatic hydroxyl groups is 1. The maximum Gasteiger partial charge on any atom is 0.306 e. The molecule has 3 N–H and O–H groups in total. The van der Waals surface area contributed by atoms with E-state index in [0.717, 1.165) is 25.7 Å². The van der Waals surface area contributed by atoms with Gasteiger partial charge in [0, 0.05) is 25.0 Å². The summed E-state index contributed by atoms with van der Waals surface area (Å²) in [4.78, 5) is 11.9. The van der Waals surface area contributed by atoms with E-state index in [0.29, 0.717) is 24.6 Å². The third-order valence-electron chi connectivity index (χ3n) is 8.13. The average molecular weight is 432 g/mol. The highest BCUT2D eigenvalue weighted by atomic mass is 16.5. The number of hydrogen-bond acceptors (Lipinski definition) is 4. The number of carboxylic acids is 1.